The quantitative estimate of drug-likeness (QED) is 0.829. The Kier molecular flexibility index (Phi) is 5.27. The maximum atomic E-state index is 12.4. The lowest BCUT2D eigenvalue weighted by Crippen LogP contribution is -2.37. The molecule has 1 atom stereocenters. The van der Waals surface area contributed by atoms with Gasteiger partial charge in [-0.3, -0.25) is 0 Å². The second kappa shape index (κ2) is 7.01. The molecule has 1 heterocycles. The third-order valence-electron chi connectivity index (χ3n) is 3.15. The fourth-order valence-electron chi connectivity index (χ4n) is 2.11. The number of nitrogens with zero attached hydrogens (tertiary/aromatic N) is 1. The van der Waals surface area contributed by atoms with Gasteiger partial charge in [-0.1, -0.05) is 5.16 Å². The van der Waals surface area contributed by atoms with Gasteiger partial charge >= 0.3 is 0 Å². The molecule has 1 aromatic heterocycles. The molecular formula is C15H20N2O5S. The second-order valence-corrected chi connectivity index (χ2v) is 6.81. The van der Waals surface area contributed by atoms with Crippen molar-refractivity contribution >= 4 is 10.0 Å². The molecule has 0 aliphatic rings. The lowest BCUT2D eigenvalue weighted by Gasteiger charge is -2.15. The minimum absolute atomic E-state index is 0.0776. The van der Waals surface area contributed by atoms with Crippen LogP contribution >= 0.6 is 0 Å². The average molecular weight is 340 g/mol. The van der Waals surface area contributed by atoms with Crippen molar-refractivity contribution in [3.05, 3.63) is 35.7 Å². The number of hydrogen-bond donors (Lipinski definition) is 1. The van der Waals surface area contributed by atoms with Crippen molar-refractivity contribution < 1.29 is 22.4 Å². The van der Waals surface area contributed by atoms with E-state index in [0.29, 0.717) is 11.4 Å². The second-order valence-electron chi connectivity index (χ2n) is 5.16. The van der Waals surface area contributed by atoms with Gasteiger partial charge in [0.2, 0.25) is 10.0 Å². The van der Waals surface area contributed by atoms with E-state index in [1.165, 1.54) is 0 Å². The fourth-order valence-corrected chi connectivity index (χ4v) is 3.67. The summed E-state index contributed by atoms with van der Waals surface area (Å²) >= 11 is 0. The van der Waals surface area contributed by atoms with Crippen molar-refractivity contribution in [2.45, 2.75) is 31.7 Å². The zero-order valence-electron chi connectivity index (χ0n) is 13.5. The monoisotopic (exact) mass is 340 g/mol. The molecule has 0 saturated heterocycles. The van der Waals surface area contributed by atoms with Gasteiger partial charge in [-0.25, -0.2) is 13.1 Å². The van der Waals surface area contributed by atoms with Crippen LogP contribution in [0.2, 0.25) is 0 Å². The molecule has 2 rings (SSSR count). The van der Waals surface area contributed by atoms with Crippen LogP contribution < -0.4 is 14.2 Å². The van der Waals surface area contributed by atoms with Gasteiger partial charge in [0, 0.05) is 0 Å². The zero-order valence-corrected chi connectivity index (χ0v) is 14.3. The van der Waals surface area contributed by atoms with Crippen LogP contribution in [-0.4, -0.2) is 33.3 Å². The van der Waals surface area contributed by atoms with Crippen molar-refractivity contribution in [1.82, 2.24) is 9.88 Å². The molecule has 0 spiro atoms. The highest BCUT2D eigenvalue weighted by Gasteiger charge is 2.25. The van der Waals surface area contributed by atoms with E-state index < -0.39 is 16.1 Å². The van der Waals surface area contributed by atoms with E-state index in [1.807, 2.05) is 0 Å². The number of aryl methyl sites for hydroxylation is 2. The molecule has 2 aromatic rings. The summed E-state index contributed by atoms with van der Waals surface area (Å²) in [6, 6.07) is 6.64. The van der Waals surface area contributed by atoms with E-state index >= 15 is 0 Å². The van der Waals surface area contributed by atoms with Gasteiger partial charge in [0.1, 0.15) is 28.7 Å². The first-order chi connectivity index (χ1) is 10.8. The highest BCUT2D eigenvalue weighted by Crippen LogP contribution is 2.20. The summed E-state index contributed by atoms with van der Waals surface area (Å²) in [5, 5.41) is 3.66. The Bertz CT molecular complexity index is 733. The average Bonchev–Trinajstić information content (AvgIpc) is 2.85. The zero-order chi connectivity index (χ0) is 17.0. The van der Waals surface area contributed by atoms with Crippen LogP contribution in [0, 0.1) is 13.8 Å². The SMILES string of the molecule is COc1ccc(OC[C@H](C)NS(=O)(=O)c2c(C)noc2C)cc1. The third kappa shape index (κ3) is 4.23. The summed E-state index contributed by atoms with van der Waals surface area (Å²) in [6.45, 7) is 5.06. The summed E-state index contributed by atoms with van der Waals surface area (Å²) in [5.41, 5.74) is 0.332. The summed E-state index contributed by atoms with van der Waals surface area (Å²) < 4.78 is 42.8. The van der Waals surface area contributed by atoms with Crippen LogP contribution in [0.5, 0.6) is 11.5 Å². The van der Waals surface area contributed by atoms with E-state index in [-0.39, 0.29) is 17.3 Å². The number of methoxy groups -OCH3 is 1. The van der Waals surface area contributed by atoms with Crippen LogP contribution in [0.25, 0.3) is 0 Å². The van der Waals surface area contributed by atoms with Gasteiger partial charge in [0.25, 0.3) is 0 Å². The van der Waals surface area contributed by atoms with Gasteiger partial charge in [-0.2, -0.15) is 0 Å². The summed E-state index contributed by atoms with van der Waals surface area (Å²) in [5.74, 6) is 1.62. The summed E-state index contributed by atoms with van der Waals surface area (Å²) in [7, 11) is -2.11. The van der Waals surface area contributed by atoms with Crippen molar-refractivity contribution in [3.63, 3.8) is 0 Å². The lowest BCUT2D eigenvalue weighted by atomic mass is 10.3. The van der Waals surface area contributed by atoms with Gasteiger partial charge < -0.3 is 14.0 Å². The Morgan fingerprint density at radius 1 is 1.22 bits per heavy atom. The van der Waals surface area contributed by atoms with Crippen LogP contribution in [0.1, 0.15) is 18.4 Å². The van der Waals surface area contributed by atoms with Gasteiger partial charge in [-0.15, -0.1) is 0 Å². The summed E-state index contributed by atoms with van der Waals surface area (Å²) in [4.78, 5) is 0.0776. The van der Waals surface area contributed by atoms with E-state index in [9.17, 15) is 8.42 Å². The molecule has 126 valence electrons. The maximum absolute atomic E-state index is 12.4. The largest absolute Gasteiger partial charge is 0.497 e. The molecule has 0 amide bonds. The standard InChI is InChI=1S/C15H20N2O5S/c1-10(9-21-14-7-5-13(20-4)6-8-14)17-23(18,19)15-11(2)16-22-12(15)3/h5-8,10,17H,9H2,1-4H3/t10-/m0/s1. The van der Waals surface area contributed by atoms with Crippen LogP contribution in [0.4, 0.5) is 0 Å². The Hall–Kier alpha value is -2.06. The molecule has 23 heavy (non-hydrogen) atoms. The number of ether oxygens (including phenoxy) is 2. The topological polar surface area (TPSA) is 90.7 Å². The van der Waals surface area contributed by atoms with Crippen LogP contribution in [-0.2, 0) is 10.0 Å². The first-order valence-corrected chi connectivity index (χ1v) is 8.54. The van der Waals surface area contributed by atoms with Gasteiger partial charge in [0.05, 0.1) is 13.2 Å². The van der Waals surface area contributed by atoms with Crippen LogP contribution in [0.15, 0.2) is 33.7 Å². The number of nitrogens with one attached hydrogen (secondary N) is 1. The first kappa shape index (κ1) is 17.3. The first-order valence-electron chi connectivity index (χ1n) is 7.05. The van der Waals surface area contributed by atoms with E-state index in [1.54, 1.807) is 52.1 Å². The molecule has 1 aromatic carbocycles. The van der Waals surface area contributed by atoms with Gasteiger partial charge in [0.15, 0.2) is 5.76 Å². The third-order valence-corrected chi connectivity index (χ3v) is 4.99. The minimum atomic E-state index is -3.70. The van der Waals surface area contributed by atoms with Crippen molar-refractivity contribution in [2.24, 2.45) is 0 Å². The van der Waals surface area contributed by atoms with E-state index in [2.05, 4.69) is 9.88 Å². The molecular weight excluding hydrogens is 320 g/mol. The smallest absolute Gasteiger partial charge is 0.246 e. The molecule has 0 saturated carbocycles. The Balaban J connectivity index is 1.97. The molecule has 8 heteroatoms. The molecule has 0 unspecified atom stereocenters. The molecule has 0 fully saturated rings. The molecule has 7 nitrogen and oxygen atoms in total. The van der Waals surface area contributed by atoms with Gasteiger partial charge in [-0.05, 0) is 45.0 Å². The molecule has 0 aliphatic carbocycles. The van der Waals surface area contributed by atoms with E-state index in [4.69, 9.17) is 14.0 Å². The number of hydrogen-bond acceptors (Lipinski definition) is 6. The highest BCUT2D eigenvalue weighted by atomic mass is 32.2. The Morgan fingerprint density at radius 2 is 1.83 bits per heavy atom. The van der Waals surface area contributed by atoms with Crippen molar-refractivity contribution in [1.29, 1.82) is 0 Å². The molecule has 0 bridgehead atoms. The normalized spacial score (nSPS) is 12.9. The van der Waals surface area contributed by atoms with Crippen LogP contribution in [0.3, 0.4) is 0 Å². The molecule has 0 radical (unpaired) electrons. The predicted molar refractivity (Wildman–Crippen MR) is 84.2 cm³/mol. The maximum Gasteiger partial charge on any atom is 0.246 e. The fraction of sp³-hybridized carbons (Fsp3) is 0.400. The highest BCUT2D eigenvalue weighted by molar-refractivity contribution is 7.89. The Labute approximate surface area is 135 Å². The number of aromatic nitrogens is 1. The number of sulfonamides is 1. The predicted octanol–water partition coefficient (Wildman–Crippen LogP) is 2.05. The summed E-state index contributed by atoms with van der Waals surface area (Å²) in [6.07, 6.45) is 0. The number of benzene rings is 1. The van der Waals surface area contributed by atoms with Crippen molar-refractivity contribution in [2.75, 3.05) is 13.7 Å². The minimum Gasteiger partial charge on any atom is -0.497 e. The lowest BCUT2D eigenvalue weighted by molar-refractivity contribution is 0.287. The van der Waals surface area contributed by atoms with Crippen molar-refractivity contribution in [3.8, 4) is 11.5 Å². The van der Waals surface area contributed by atoms with E-state index in [0.717, 1.165) is 5.75 Å². The molecule has 1 N–H and O–H groups in total. The Morgan fingerprint density at radius 3 is 2.35 bits per heavy atom. The number of rotatable bonds is 7. The molecule has 0 aliphatic heterocycles.